The molecule has 0 aliphatic rings. The van der Waals surface area contributed by atoms with Crippen molar-refractivity contribution in [2.75, 3.05) is 6.54 Å². The zero-order chi connectivity index (χ0) is 17.6. The number of benzene rings is 1. The van der Waals surface area contributed by atoms with Crippen molar-refractivity contribution < 1.29 is 4.79 Å². The number of aromatic amines is 1. The van der Waals surface area contributed by atoms with Gasteiger partial charge in [-0.3, -0.25) is 19.4 Å². The third kappa shape index (κ3) is 4.11. The summed E-state index contributed by atoms with van der Waals surface area (Å²) in [5.41, 5.74) is 2.12. The van der Waals surface area contributed by atoms with Gasteiger partial charge in [-0.2, -0.15) is 5.10 Å². The second-order valence-electron chi connectivity index (χ2n) is 5.87. The number of rotatable bonds is 7. The molecule has 0 saturated carbocycles. The van der Waals surface area contributed by atoms with Gasteiger partial charge < -0.3 is 5.32 Å². The Kier molecular flexibility index (Phi) is 5.55. The molecular weight excluding hydrogens is 334 g/mol. The second-order valence-corrected chi connectivity index (χ2v) is 6.26. The van der Waals surface area contributed by atoms with Crippen molar-refractivity contribution in [3.63, 3.8) is 0 Å². The number of hydrogen-bond donors (Lipinski definition) is 2. The van der Waals surface area contributed by atoms with Gasteiger partial charge in [-0.1, -0.05) is 31.2 Å². The zero-order valence-corrected chi connectivity index (χ0v) is 15.0. The molecule has 0 atom stereocenters. The van der Waals surface area contributed by atoms with Gasteiger partial charge in [0.2, 0.25) is 5.91 Å². The number of nitrogens with one attached hydrogen (secondary N) is 2. The lowest BCUT2D eigenvalue weighted by Crippen LogP contribution is -2.30. The van der Waals surface area contributed by atoms with E-state index in [-0.39, 0.29) is 12.5 Å². The number of aryl methyl sites for hydroxylation is 1. The lowest BCUT2D eigenvalue weighted by atomic mass is 10.1. The second kappa shape index (κ2) is 8.02. The lowest BCUT2D eigenvalue weighted by molar-refractivity contribution is -0.121. The van der Waals surface area contributed by atoms with Crippen molar-refractivity contribution in [1.82, 2.24) is 25.1 Å². The van der Waals surface area contributed by atoms with Crippen LogP contribution in [0.3, 0.4) is 0 Å². The fourth-order valence-corrected chi connectivity index (χ4v) is 3.05. The maximum atomic E-state index is 12.2. The topological polar surface area (TPSA) is 75.6 Å². The van der Waals surface area contributed by atoms with Gasteiger partial charge in [0.05, 0.1) is 5.52 Å². The first-order chi connectivity index (χ1) is 12.2. The first-order valence-corrected chi connectivity index (χ1v) is 8.83. The van der Waals surface area contributed by atoms with Crippen LogP contribution in [0.2, 0.25) is 0 Å². The quantitative estimate of drug-likeness (QED) is 0.639. The third-order valence-corrected chi connectivity index (χ3v) is 4.36. The normalized spacial score (nSPS) is 10.9. The lowest BCUT2D eigenvalue weighted by Gasteiger charge is -2.09. The Morgan fingerprint density at radius 2 is 2.12 bits per heavy atom. The molecule has 25 heavy (non-hydrogen) atoms. The van der Waals surface area contributed by atoms with Crippen molar-refractivity contribution in [1.29, 1.82) is 0 Å². The highest BCUT2D eigenvalue weighted by atomic mass is 32.1. The van der Waals surface area contributed by atoms with Gasteiger partial charge in [-0.05, 0) is 36.7 Å². The third-order valence-electron chi connectivity index (χ3n) is 4.05. The summed E-state index contributed by atoms with van der Waals surface area (Å²) < 4.78 is 2.24. The molecule has 0 unspecified atom stereocenters. The molecule has 130 valence electrons. The minimum atomic E-state index is -0.0666. The zero-order valence-electron chi connectivity index (χ0n) is 14.2. The van der Waals surface area contributed by atoms with Gasteiger partial charge in [0, 0.05) is 24.5 Å². The molecule has 3 rings (SSSR count). The van der Waals surface area contributed by atoms with Crippen molar-refractivity contribution in [2.24, 2.45) is 0 Å². The Hall–Kier alpha value is -2.54. The van der Waals surface area contributed by atoms with Gasteiger partial charge in [0.25, 0.3) is 0 Å². The summed E-state index contributed by atoms with van der Waals surface area (Å²) in [6.45, 7) is 2.82. The summed E-state index contributed by atoms with van der Waals surface area (Å²) >= 11 is 5.20. The van der Waals surface area contributed by atoms with Crippen LogP contribution in [-0.4, -0.2) is 32.2 Å². The van der Waals surface area contributed by atoms with Crippen molar-refractivity contribution in [2.45, 2.75) is 32.7 Å². The minimum absolute atomic E-state index is 0.0666. The molecule has 0 saturated heterocycles. The van der Waals surface area contributed by atoms with E-state index in [0.29, 0.717) is 11.3 Å². The van der Waals surface area contributed by atoms with E-state index < -0.39 is 0 Å². The van der Waals surface area contributed by atoms with Crippen LogP contribution >= 0.6 is 12.2 Å². The molecule has 2 N–H and O–H groups in total. The molecular formula is C18H21N5OS. The van der Waals surface area contributed by atoms with E-state index in [1.165, 1.54) is 0 Å². The summed E-state index contributed by atoms with van der Waals surface area (Å²) in [6, 6.07) is 10.1. The van der Waals surface area contributed by atoms with E-state index in [1.54, 1.807) is 10.8 Å². The Morgan fingerprint density at radius 3 is 2.96 bits per heavy atom. The van der Waals surface area contributed by atoms with Crippen molar-refractivity contribution >= 4 is 29.0 Å². The highest BCUT2D eigenvalue weighted by Crippen LogP contribution is 2.15. The Balaban J connectivity index is 1.60. The Morgan fingerprint density at radius 1 is 1.28 bits per heavy atom. The number of H-pyrrole nitrogens is 1. The summed E-state index contributed by atoms with van der Waals surface area (Å²) in [4.78, 5) is 16.7. The van der Waals surface area contributed by atoms with Crippen LogP contribution < -0.4 is 5.32 Å². The summed E-state index contributed by atoms with van der Waals surface area (Å²) in [5.74, 6) is 0.754. The van der Waals surface area contributed by atoms with E-state index in [2.05, 4.69) is 27.4 Å². The molecule has 1 amide bonds. The highest BCUT2D eigenvalue weighted by Gasteiger charge is 2.10. The molecule has 0 fully saturated rings. The fourth-order valence-electron chi connectivity index (χ4n) is 2.83. The van der Waals surface area contributed by atoms with Crippen molar-refractivity contribution in [3.05, 3.63) is 52.7 Å². The summed E-state index contributed by atoms with van der Waals surface area (Å²) in [7, 11) is 0. The van der Waals surface area contributed by atoms with E-state index in [1.807, 2.05) is 30.3 Å². The van der Waals surface area contributed by atoms with E-state index in [4.69, 9.17) is 12.2 Å². The first kappa shape index (κ1) is 17.3. The molecule has 3 aromatic rings. The molecule has 0 radical (unpaired) electrons. The molecule has 0 aliphatic heterocycles. The van der Waals surface area contributed by atoms with E-state index >= 15 is 0 Å². The number of hydrogen-bond acceptors (Lipinski definition) is 4. The Labute approximate surface area is 151 Å². The van der Waals surface area contributed by atoms with Crippen LogP contribution in [0, 0.1) is 4.77 Å². The van der Waals surface area contributed by atoms with Crippen LogP contribution in [0.15, 0.2) is 36.5 Å². The van der Waals surface area contributed by atoms with Gasteiger partial charge in [-0.15, -0.1) is 0 Å². The molecule has 1 aromatic carbocycles. The smallest absolute Gasteiger partial charge is 0.240 e. The minimum Gasteiger partial charge on any atom is -0.354 e. The summed E-state index contributed by atoms with van der Waals surface area (Å²) in [5, 5.41) is 11.0. The molecule has 0 spiro atoms. The SMILES string of the molecule is CCCc1n[nH]c(=S)n1CC(=O)NCCc1cccc2cccnc12. The molecule has 0 bridgehead atoms. The molecule has 2 aromatic heterocycles. The van der Waals surface area contributed by atoms with Gasteiger partial charge >= 0.3 is 0 Å². The number of pyridine rings is 1. The number of carbonyl (C=O) groups is 1. The van der Waals surface area contributed by atoms with E-state index in [9.17, 15) is 4.79 Å². The molecule has 2 heterocycles. The number of fused-ring (bicyclic) bond motifs is 1. The van der Waals surface area contributed by atoms with E-state index in [0.717, 1.165) is 41.6 Å². The number of amides is 1. The average molecular weight is 355 g/mol. The molecule has 6 nitrogen and oxygen atoms in total. The maximum absolute atomic E-state index is 12.2. The average Bonchev–Trinajstić information content (AvgIpc) is 2.96. The predicted molar refractivity (Wildman–Crippen MR) is 99.9 cm³/mol. The largest absolute Gasteiger partial charge is 0.354 e. The number of carbonyl (C=O) groups excluding carboxylic acids is 1. The molecule has 0 aliphatic carbocycles. The maximum Gasteiger partial charge on any atom is 0.240 e. The summed E-state index contributed by atoms with van der Waals surface area (Å²) in [6.07, 6.45) is 4.27. The number of para-hydroxylation sites is 1. The Bertz CT molecular complexity index is 925. The number of nitrogens with zero attached hydrogens (tertiary/aromatic N) is 3. The monoisotopic (exact) mass is 355 g/mol. The van der Waals surface area contributed by atoms with Crippen LogP contribution in [0.1, 0.15) is 24.7 Å². The van der Waals surface area contributed by atoms with Crippen LogP contribution in [0.4, 0.5) is 0 Å². The van der Waals surface area contributed by atoms with Gasteiger partial charge in [-0.25, -0.2) is 0 Å². The molecule has 7 heteroatoms. The van der Waals surface area contributed by atoms with Crippen LogP contribution in [-0.2, 0) is 24.2 Å². The van der Waals surface area contributed by atoms with Crippen LogP contribution in [0.5, 0.6) is 0 Å². The standard InChI is InChI=1S/C18H21N5OS/c1-2-5-15-21-22-18(25)23(15)12-16(24)19-11-9-14-7-3-6-13-8-4-10-20-17(13)14/h3-4,6-8,10H,2,5,9,11-12H2,1H3,(H,19,24)(H,22,25). The van der Waals surface area contributed by atoms with Gasteiger partial charge in [0.1, 0.15) is 12.4 Å². The van der Waals surface area contributed by atoms with Crippen LogP contribution in [0.25, 0.3) is 10.9 Å². The highest BCUT2D eigenvalue weighted by molar-refractivity contribution is 7.71. The van der Waals surface area contributed by atoms with Gasteiger partial charge in [0.15, 0.2) is 4.77 Å². The first-order valence-electron chi connectivity index (χ1n) is 8.42. The van der Waals surface area contributed by atoms with Crippen molar-refractivity contribution in [3.8, 4) is 0 Å². The fraction of sp³-hybridized carbons (Fsp3) is 0.333. The predicted octanol–water partition coefficient (Wildman–Crippen LogP) is 2.80. The number of aromatic nitrogens is 4.